The van der Waals surface area contributed by atoms with Crippen LogP contribution in [0.25, 0.3) is 11.5 Å². The third kappa shape index (κ3) is 1.46. The van der Waals surface area contributed by atoms with Gasteiger partial charge in [-0.3, -0.25) is 5.10 Å². The average Bonchev–Trinajstić information content (AvgIpc) is 2.74. The molecule has 0 radical (unpaired) electrons. The van der Waals surface area contributed by atoms with Crippen molar-refractivity contribution < 1.29 is 4.52 Å². The number of nitrogens with zero attached hydrogens (tertiary/aromatic N) is 3. The molecular formula is C8H11N5O. The SMILES string of the molecule is CCCc1noc(-c2cn[nH]c2N)n1. The summed E-state index contributed by atoms with van der Waals surface area (Å²) in [7, 11) is 0. The Morgan fingerprint density at radius 1 is 1.57 bits per heavy atom. The zero-order valence-corrected chi connectivity index (χ0v) is 7.82. The van der Waals surface area contributed by atoms with Gasteiger partial charge in [0.25, 0.3) is 5.89 Å². The van der Waals surface area contributed by atoms with Gasteiger partial charge in [-0.1, -0.05) is 12.1 Å². The monoisotopic (exact) mass is 193 g/mol. The van der Waals surface area contributed by atoms with Crippen LogP contribution in [0.4, 0.5) is 5.82 Å². The highest BCUT2D eigenvalue weighted by atomic mass is 16.5. The lowest BCUT2D eigenvalue weighted by Gasteiger charge is -1.87. The smallest absolute Gasteiger partial charge is 0.263 e. The van der Waals surface area contributed by atoms with Gasteiger partial charge in [-0.15, -0.1) is 0 Å². The lowest BCUT2D eigenvalue weighted by Crippen LogP contribution is -1.88. The van der Waals surface area contributed by atoms with Crippen molar-refractivity contribution in [2.45, 2.75) is 19.8 Å². The van der Waals surface area contributed by atoms with E-state index in [1.54, 1.807) is 6.20 Å². The summed E-state index contributed by atoms with van der Waals surface area (Å²) in [5.41, 5.74) is 6.26. The minimum atomic E-state index is 0.416. The number of aromatic nitrogens is 4. The molecule has 2 aromatic rings. The summed E-state index contributed by atoms with van der Waals surface area (Å²) in [6.45, 7) is 2.06. The van der Waals surface area contributed by atoms with E-state index in [1.807, 2.05) is 0 Å². The van der Waals surface area contributed by atoms with Crippen molar-refractivity contribution in [2.24, 2.45) is 0 Å². The van der Waals surface area contributed by atoms with Gasteiger partial charge in [0.1, 0.15) is 11.4 Å². The first-order valence-corrected chi connectivity index (χ1v) is 4.43. The Kier molecular flexibility index (Phi) is 2.18. The molecule has 6 nitrogen and oxygen atoms in total. The molecule has 74 valence electrons. The van der Waals surface area contributed by atoms with Crippen LogP contribution >= 0.6 is 0 Å². The third-order valence-electron chi connectivity index (χ3n) is 1.84. The Labute approximate surface area is 80.5 Å². The number of hydrogen-bond donors (Lipinski definition) is 2. The molecule has 3 N–H and O–H groups in total. The van der Waals surface area contributed by atoms with E-state index in [4.69, 9.17) is 10.3 Å². The van der Waals surface area contributed by atoms with Crippen LogP contribution in [0.5, 0.6) is 0 Å². The van der Waals surface area contributed by atoms with E-state index >= 15 is 0 Å². The topological polar surface area (TPSA) is 93.6 Å². The first kappa shape index (κ1) is 8.74. The maximum absolute atomic E-state index is 5.61. The molecule has 0 saturated carbocycles. The van der Waals surface area contributed by atoms with Crippen LogP contribution < -0.4 is 5.73 Å². The number of hydrogen-bond acceptors (Lipinski definition) is 5. The highest BCUT2D eigenvalue weighted by molar-refractivity contribution is 5.65. The number of rotatable bonds is 3. The molecule has 0 aliphatic carbocycles. The van der Waals surface area contributed by atoms with E-state index in [0.29, 0.717) is 23.1 Å². The van der Waals surface area contributed by atoms with Crippen molar-refractivity contribution in [3.8, 4) is 11.5 Å². The van der Waals surface area contributed by atoms with Crippen LogP contribution in [0.2, 0.25) is 0 Å². The summed E-state index contributed by atoms with van der Waals surface area (Å²) in [6, 6.07) is 0. The van der Waals surface area contributed by atoms with E-state index in [-0.39, 0.29) is 0 Å². The molecule has 0 fully saturated rings. The molecule has 0 aromatic carbocycles. The Morgan fingerprint density at radius 2 is 2.43 bits per heavy atom. The van der Waals surface area contributed by atoms with Crippen molar-refractivity contribution in [3.05, 3.63) is 12.0 Å². The second-order valence-electron chi connectivity index (χ2n) is 2.96. The number of nitrogens with one attached hydrogen (secondary N) is 1. The molecule has 0 spiro atoms. The summed E-state index contributed by atoms with van der Waals surface area (Å²) < 4.78 is 5.04. The zero-order chi connectivity index (χ0) is 9.97. The highest BCUT2D eigenvalue weighted by Gasteiger charge is 2.12. The molecule has 0 saturated heterocycles. The molecule has 6 heteroatoms. The molecule has 2 rings (SSSR count). The van der Waals surface area contributed by atoms with Gasteiger partial charge in [-0.05, 0) is 6.42 Å². The second kappa shape index (κ2) is 3.49. The summed E-state index contributed by atoms with van der Waals surface area (Å²) in [6.07, 6.45) is 3.36. The molecule has 2 heterocycles. The van der Waals surface area contributed by atoms with Crippen molar-refractivity contribution in [3.63, 3.8) is 0 Å². The van der Waals surface area contributed by atoms with E-state index in [2.05, 4.69) is 27.3 Å². The van der Waals surface area contributed by atoms with Gasteiger partial charge >= 0.3 is 0 Å². The molecular weight excluding hydrogens is 182 g/mol. The van der Waals surface area contributed by atoms with Gasteiger partial charge < -0.3 is 10.3 Å². The molecule has 0 aliphatic heterocycles. The summed E-state index contributed by atoms with van der Waals surface area (Å²) in [4.78, 5) is 4.19. The van der Waals surface area contributed by atoms with Crippen LogP contribution in [0.3, 0.4) is 0 Å². The Bertz CT molecular complexity index is 419. The van der Waals surface area contributed by atoms with Crippen LogP contribution in [0.1, 0.15) is 19.2 Å². The molecule has 0 amide bonds. The minimum Gasteiger partial charge on any atom is -0.383 e. The standard InChI is InChI=1S/C8H11N5O/c1-2-3-6-11-8(14-13-6)5-4-10-12-7(5)9/h4H,2-3H2,1H3,(H3,9,10,12). The lowest BCUT2D eigenvalue weighted by molar-refractivity contribution is 0.422. The fourth-order valence-electron chi connectivity index (χ4n) is 1.16. The van der Waals surface area contributed by atoms with E-state index < -0.39 is 0 Å². The number of nitrogens with two attached hydrogens (primary N) is 1. The number of aryl methyl sites for hydroxylation is 1. The normalized spacial score (nSPS) is 10.6. The minimum absolute atomic E-state index is 0.416. The van der Waals surface area contributed by atoms with E-state index in [0.717, 1.165) is 12.8 Å². The summed E-state index contributed by atoms with van der Waals surface area (Å²) in [5.74, 6) is 1.56. The van der Waals surface area contributed by atoms with Crippen LogP contribution in [0.15, 0.2) is 10.7 Å². The molecule has 2 aromatic heterocycles. The van der Waals surface area contributed by atoms with Gasteiger partial charge in [0.15, 0.2) is 5.82 Å². The third-order valence-corrected chi connectivity index (χ3v) is 1.84. The number of nitrogen functional groups attached to an aromatic ring is 1. The van der Waals surface area contributed by atoms with Gasteiger partial charge in [0, 0.05) is 6.42 Å². The largest absolute Gasteiger partial charge is 0.383 e. The summed E-state index contributed by atoms with van der Waals surface area (Å²) >= 11 is 0. The lowest BCUT2D eigenvalue weighted by atomic mass is 10.3. The van der Waals surface area contributed by atoms with E-state index in [9.17, 15) is 0 Å². The second-order valence-corrected chi connectivity index (χ2v) is 2.96. The molecule has 0 atom stereocenters. The fraction of sp³-hybridized carbons (Fsp3) is 0.375. The van der Waals surface area contributed by atoms with Crippen LogP contribution in [0, 0.1) is 0 Å². The zero-order valence-electron chi connectivity index (χ0n) is 7.82. The Balaban J connectivity index is 2.29. The quantitative estimate of drug-likeness (QED) is 0.758. The van der Waals surface area contributed by atoms with Crippen molar-refractivity contribution in [1.82, 2.24) is 20.3 Å². The maximum Gasteiger partial charge on any atom is 0.263 e. The first-order valence-electron chi connectivity index (χ1n) is 4.43. The van der Waals surface area contributed by atoms with Crippen molar-refractivity contribution in [2.75, 3.05) is 5.73 Å². The number of H-pyrrole nitrogens is 1. The highest BCUT2D eigenvalue weighted by Crippen LogP contribution is 2.21. The molecule has 0 unspecified atom stereocenters. The van der Waals surface area contributed by atoms with Gasteiger partial charge in [-0.25, -0.2) is 0 Å². The van der Waals surface area contributed by atoms with Gasteiger partial charge in [-0.2, -0.15) is 10.1 Å². The number of anilines is 1. The Hall–Kier alpha value is -1.85. The maximum atomic E-state index is 5.61. The van der Waals surface area contributed by atoms with E-state index in [1.165, 1.54) is 0 Å². The van der Waals surface area contributed by atoms with Crippen LogP contribution in [-0.4, -0.2) is 20.3 Å². The predicted octanol–water partition coefficient (Wildman–Crippen LogP) is 0.994. The molecule has 14 heavy (non-hydrogen) atoms. The summed E-state index contributed by atoms with van der Waals surface area (Å²) in [5, 5.41) is 10.2. The first-order chi connectivity index (χ1) is 6.81. The van der Waals surface area contributed by atoms with Gasteiger partial charge in [0.2, 0.25) is 0 Å². The van der Waals surface area contributed by atoms with Crippen LogP contribution in [-0.2, 0) is 6.42 Å². The predicted molar refractivity (Wildman–Crippen MR) is 50.3 cm³/mol. The molecule has 0 bridgehead atoms. The molecule has 0 aliphatic rings. The average molecular weight is 193 g/mol. The van der Waals surface area contributed by atoms with Crippen molar-refractivity contribution in [1.29, 1.82) is 0 Å². The number of aromatic amines is 1. The fourth-order valence-corrected chi connectivity index (χ4v) is 1.16. The Morgan fingerprint density at radius 3 is 3.07 bits per heavy atom. The van der Waals surface area contributed by atoms with Gasteiger partial charge in [0.05, 0.1) is 6.20 Å². The van der Waals surface area contributed by atoms with Crippen molar-refractivity contribution >= 4 is 5.82 Å².